The quantitative estimate of drug-likeness (QED) is 0.0292. The number of aliphatic hydroxyl groups excluding tert-OH is 1. The molecule has 1 amide bonds. The second kappa shape index (κ2) is 27.7. The van der Waals surface area contributed by atoms with Crippen LogP contribution >= 0.6 is 7.82 Å². The molecular formula is C31H58NO10P. The van der Waals surface area contributed by atoms with Gasteiger partial charge < -0.3 is 25.2 Å². The lowest BCUT2D eigenvalue weighted by atomic mass is 10.1. The van der Waals surface area contributed by atoms with Crippen molar-refractivity contribution in [1.82, 2.24) is 5.32 Å². The van der Waals surface area contributed by atoms with E-state index < -0.39 is 57.6 Å². The van der Waals surface area contributed by atoms with Crippen LogP contribution in [0.15, 0.2) is 12.2 Å². The molecule has 0 aromatic carbocycles. The van der Waals surface area contributed by atoms with Crippen LogP contribution in [0.3, 0.4) is 0 Å². The highest BCUT2D eigenvalue weighted by atomic mass is 31.2. The molecular weight excluding hydrogens is 577 g/mol. The van der Waals surface area contributed by atoms with E-state index >= 15 is 0 Å². The van der Waals surface area contributed by atoms with Crippen molar-refractivity contribution in [1.29, 1.82) is 0 Å². The van der Waals surface area contributed by atoms with Gasteiger partial charge in [0.2, 0.25) is 5.91 Å². The maximum Gasteiger partial charge on any atom is 0.472 e. The molecule has 12 heteroatoms. The van der Waals surface area contributed by atoms with Crippen LogP contribution in [0, 0.1) is 0 Å². The molecule has 0 aliphatic carbocycles. The second-order valence-corrected chi connectivity index (χ2v) is 12.5. The molecule has 43 heavy (non-hydrogen) atoms. The Bertz CT molecular complexity index is 807. The Morgan fingerprint density at radius 2 is 1.23 bits per heavy atom. The molecule has 0 heterocycles. The van der Waals surface area contributed by atoms with Crippen LogP contribution in [0.1, 0.15) is 136 Å². The van der Waals surface area contributed by atoms with Crippen molar-refractivity contribution < 1.29 is 47.8 Å². The van der Waals surface area contributed by atoms with Gasteiger partial charge in [-0.15, -0.1) is 0 Å². The minimum atomic E-state index is -4.71. The molecule has 0 aliphatic rings. The van der Waals surface area contributed by atoms with Gasteiger partial charge >= 0.3 is 19.8 Å². The number of hydrogen-bond acceptors (Lipinski definition) is 8. The van der Waals surface area contributed by atoms with E-state index in [0.717, 1.165) is 25.7 Å². The van der Waals surface area contributed by atoms with E-state index in [1.165, 1.54) is 70.6 Å². The molecule has 0 spiro atoms. The lowest BCUT2D eigenvalue weighted by Gasteiger charge is -2.18. The number of phosphoric acid groups is 1. The monoisotopic (exact) mass is 635 g/mol. The van der Waals surface area contributed by atoms with Gasteiger partial charge in [0, 0.05) is 12.8 Å². The Hall–Kier alpha value is -1.78. The van der Waals surface area contributed by atoms with Gasteiger partial charge in [0.05, 0.1) is 13.2 Å². The van der Waals surface area contributed by atoms with Crippen LogP contribution in [0.2, 0.25) is 0 Å². The minimum absolute atomic E-state index is 0.0969. The zero-order valence-corrected chi connectivity index (χ0v) is 27.4. The van der Waals surface area contributed by atoms with Crippen molar-refractivity contribution in [3.63, 3.8) is 0 Å². The summed E-state index contributed by atoms with van der Waals surface area (Å²) in [7, 11) is -4.71. The molecule has 0 aliphatic heterocycles. The Morgan fingerprint density at radius 1 is 0.721 bits per heavy atom. The Kier molecular flexibility index (Phi) is 26.6. The number of esters is 1. The van der Waals surface area contributed by atoms with E-state index in [1.807, 2.05) is 0 Å². The maximum atomic E-state index is 12.0. The van der Waals surface area contributed by atoms with Crippen molar-refractivity contribution in [2.45, 2.75) is 148 Å². The van der Waals surface area contributed by atoms with Crippen molar-refractivity contribution >= 4 is 25.7 Å². The number of carbonyl (C=O) groups is 3. The number of aliphatic hydroxyl groups is 1. The number of phosphoric ester groups is 1. The first-order chi connectivity index (χ1) is 20.6. The summed E-state index contributed by atoms with van der Waals surface area (Å²) in [5.41, 5.74) is 0. The third-order valence-corrected chi connectivity index (χ3v) is 7.72. The lowest BCUT2D eigenvalue weighted by molar-refractivity contribution is -0.147. The van der Waals surface area contributed by atoms with Gasteiger partial charge in [-0.3, -0.25) is 18.6 Å². The number of allylic oxidation sites excluding steroid dienone is 2. The van der Waals surface area contributed by atoms with Gasteiger partial charge in [0.15, 0.2) is 6.04 Å². The van der Waals surface area contributed by atoms with Crippen LogP contribution in [0.25, 0.3) is 0 Å². The predicted molar refractivity (Wildman–Crippen MR) is 166 cm³/mol. The molecule has 0 radical (unpaired) electrons. The first kappa shape index (κ1) is 41.2. The third-order valence-electron chi connectivity index (χ3n) is 6.77. The molecule has 252 valence electrons. The summed E-state index contributed by atoms with van der Waals surface area (Å²) < 4.78 is 26.2. The van der Waals surface area contributed by atoms with E-state index in [2.05, 4.69) is 33.4 Å². The van der Waals surface area contributed by atoms with Crippen LogP contribution < -0.4 is 5.32 Å². The number of carboxylic acids is 1. The maximum absolute atomic E-state index is 12.0. The predicted octanol–water partition coefficient (Wildman–Crippen LogP) is 6.60. The highest BCUT2D eigenvalue weighted by Gasteiger charge is 2.28. The SMILES string of the molecule is CCCCCCCCC/C=C\CCCCCCCCCC(=O)OCC(O)COP(=O)(O)OCC(NC(=O)CCC)C(=O)O. The zero-order valence-electron chi connectivity index (χ0n) is 26.5. The lowest BCUT2D eigenvalue weighted by Crippen LogP contribution is -2.43. The van der Waals surface area contributed by atoms with Crippen molar-refractivity contribution in [3.05, 3.63) is 12.2 Å². The number of aliphatic carboxylic acids is 1. The van der Waals surface area contributed by atoms with E-state index in [9.17, 15) is 28.9 Å². The number of hydrogen-bond donors (Lipinski definition) is 4. The summed E-state index contributed by atoms with van der Waals surface area (Å²) in [6, 6.07) is -1.54. The molecule has 0 rings (SSSR count). The fraction of sp³-hybridized carbons (Fsp3) is 0.839. The smallest absolute Gasteiger partial charge is 0.472 e. The fourth-order valence-electron chi connectivity index (χ4n) is 4.23. The van der Waals surface area contributed by atoms with Crippen LogP contribution in [-0.4, -0.2) is 64.9 Å². The first-order valence-corrected chi connectivity index (χ1v) is 17.7. The second-order valence-electron chi connectivity index (χ2n) is 11.0. The number of carboxylic acid groups (broad SMARTS) is 1. The summed E-state index contributed by atoms with van der Waals surface area (Å²) >= 11 is 0. The van der Waals surface area contributed by atoms with Crippen molar-refractivity contribution in [3.8, 4) is 0 Å². The van der Waals surface area contributed by atoms with Crippen LogP contribution in [0.4, 0.5) is 0 Å². The summed E-state index contributed by atoms with van der Waals surface area (Å²) in [5, 5.41) is 21.2. The normalized spacial score (nSPS) is 14.3. The van der Waals surface area contributed by atoms with E-state index in [0.29, 0.717) is 12.8 Å². The summed E-state index contributed by atoms with van der Waals surface area (Å²) in [6.45, 7) is 2.09. The molecule has 0 fully saturated rings. The molecule has 0 bridgehead atoms. The van der Waals surface area contributed by atoms with E-state index in [4.69, 9.17) is 9.84 Å². The number of amides is 1. The number of nitrogens with one attached hydrogen (secondary N) is 1. The zero-order chi connectivity index (χ0) is 32.2. The molecule has 11 nitrogen and oxygen atoms in total. The summed E-state index contributed by atoms with van der Waals surface area (Å²) in [5.74, 6) is -2.45. The van der Waals surface area contributed by atoms with Gasteiger partial charge in [-0.05, 0) is 38.5 Å². The van der Waals surface area contributed by atoms with Gasteiger partial charge in [0.1, 0.15) is 12.7 Å². The van der Waals surface area contributed by atoms with Gasteiger partial charge in [-0.1, -0.05) is 96.6 Å². The standard InChI is InChI=1S/C31H58NO10P/c1-3-5-6-7-8-9-10-11-12-13-14-15-16-17-18-19-20-21-23-30(35)40-24-27(33)25-41-43(38,39)42-26-28(31(36)37)32-29(34)22-4-2/h12-13,27-28,33H,3-11,14-26H2,1-2H3,(H,32,34)(H,36,37)(H,38,39)/b13-12-. The Balaban J connectivity index is 3.76. The molecule has 0 aromatic rings. The summed E-state index contributed by atoms with van der Waals surface area (Å²) in [6.07, 6.45) is 23.3. The topological polar surface area (TPSA) is 169 Å². The average molecular weight is 636 g/mol. The highest BCUT2D eigenvalue weighted by molar-refractivity contribution is 7.47. The van der Waals surface area contributed by atoms with Crippen LogP contribution in [0.5, 0.6) is 0 Å². The van der Waals surface area contributed by atoms with Crippen molar-refractivity contribution in [2.24, 2.45) is 0 Å². The molecule has 0 saturated carbocycles. The van der Waals surface area contributed by atoms with E-state index in [-0.39, 0.29) is 12.8 Å². The average Bonchev–Trinajstić information content (AvgIpc) is 2.96. The molecule has 3 atom stereocenters. The Morgan fingerprint density at radius 3 is 1.77 bits per heavy atom. The molecule has 0 aromatic heterocycles. The number of rotatable bonds is 30. The first-order valence-electron chi connectivity index (χ1n) is 16.2. The number of carbonyl (C=O) groups excluding carboxylic acids is 2. The molecule has 3 unspecified atom stereocenters. The number of unbranched alkanes of at least 4 members (excludes halogenated alkanes) is 14. The van der Waals surface area contributed by atoms with Crippen molar-refractivity contribution in [2.75, 3.05) is 19.8 Å². The molecule has 0 saturated heterocycles. The van der Waals surface area contributed by atoms with Crippen LogP contribution in [-0.2, 0) is 32.7 Å². The minimum Gasteiger partial charge on any atom is -0.480 e. The highest BCUT2D eigenvalue weighted by Crippen LogP contribution is 2.43. The fourth-order valence-corrected chi connectivity index (χ4v) is 5.01. The summed E-state index contributed by atoms with van der Waals surface area (Å²) in [4.78, 5) is 44.4. The Labute approximate surface area is 258 Å². The van der Waals surface area contributed by atoms with E-state index in [1.54, 1.807) is 6.92 Å². The van der Waals surface area contributed by atoms with Gasteiger partial charge in [-0.2, -0.15) is 0 Å². The number of ether oxygens (including phenoxy) is 1. The third kappa shape index (κ3) is 27.5. The molecule has 4 N–H and O–H groups in total. The van der Waals surface area contributed by atoms with Gasteiger partial charge in [0.25, 0.3) is 0 Å². The largest absolute Gasteiger partial charge is 0.480 e. The van der Waals surface area contributed by atoms with Gasteiger partial charge in [-0.25, -0.2) is 9.36 Å².